The van der Waals surface area contributed by atoms with Crippen LogP contribution in [0.3, 0.4) is 0 Å². The fourth-order valence-electron chi connectivity index (χ4n) is 2.49. The van der Waals surface area contributed by atoms with E-state index < -0.39 is 5.97 Å². The normalized spacial score (nSPS) is 10.5. The Kier molecular flexibility index (Phi) is 4.89. The molecule has 0 N–H and O–H groups in total. The molecule has 0 bridgehead atoms. The van der Waals surface area contributed by atoms with Gasteiger partial charge in [0.05, 0.1) is 11.9 Å². The molecular formula is C18H20N2O3. The molecule has 0 atom stereocenters. The van der Waals surface area contributed by atoms with Crippen LogP contribution in [-0.4, -0.2) is 28.3 Å². The molecule has 1 heterocycles. The lowest BCUT2D eigenvalue weighted by molar-refractivity contribution is 0.0468. The Morgan fingerprint density at radius 2 is 1.65 bits per heavy atom. The lowest BCUT2D eigenvalue weighted by Gasteiger charge is -2.14. The first-order chi connectivity index (χ1) is 10.8. The molecular weight excluding hydrogens is 292 g/mol. The van der Waals surface area contributed by atoms with E-state index in [1.807, 2.05) is 33.8 Å². The Balaban J connectivity index is 2.13. The van der Waals surface area contributed by atoms with E-state index in [9.17, 15) is 9.59 Å². The van der Waals surface area contributed by atoms with Crippen LogP contribution in [0.15, 0.2) is 18.5 Å². The molecule has 0 spiro atoms. The molecule has 0 saturated carbocycles. The van der Waals surface area contributed by atoms with E-state index in [2.05, 4.69) is 9.97 Å². The summed E-state index contributed by atoms with van der Waals surface area (Å²) < 4.78 is 5.07. The summed E-state index contributed by atoms with van der Waals surface area (Å²) in [5.41, 5.74) is 5.46. The minimum absolute atomic E-state index is 0.0944. The highest BCUT2D eigenvalue weighted by molar-refractivity contribution is 6.01. The summed E-state index contributed by atoms with van der Waals surface area (Å²) in [5.74, 6) is -0.860. The number of ketones is 1. The van der Waals surface area contributed by atoms with Crippen molar-refractivity contribution in [2.75, 3.05) is 6.61 Å². The molecule has 2 rings (SSSR count). The van der Waals surface area contributed by atoms with Gasteiger partial charge in [0.15, 0.2) is 12.3 Å². The molecule has 0 amide bonds. The number of carbonyl (C=O) groups is 2. The Bertz CT molecular complexity index is 765. The number of hydrogen-bond donors (Lipinski definition) is 0. The molecule has 0 radical (unpaired) electrons. The number of ether oxygens (including phenoxy) is 1. The van der Waals surface area contributed by atoms with Crippen LogP contribution in [0.4, 0.5) is 0 Å². The standard InChI is InChI=1S/C18H20N2O3/c1-10-6-11(2)17(14(5)13(10)4)16(21)9-23-18(22)15-8-19-12(3)7-20-15/h6-8H,9H2,1-5H3. The maximum atomic E-state index is 12.4. The van der Waals surface area contributed by atoms with Crippen LogP contribution >= 0.6 is 0 Å². The minimum atomic E-state index is -0.648. The van der Waals surface area contributed by atoms with E-state index >= 15 is 0 Å². The number of aromatic nitrogens is 2. The van der Waals surface area contributed by atoms with E-state index in [4.69, 9.17) is 4.74 Å². The van der Waals surface area contributed by atoms with Crippen molar-refractivity contribution in [3.05, 3.63) is 57.7 Å². The fourth-order valence-corrected chi connectivity index (χ4v) is 2.49. The second-order valence-corrected chi connectivity index (χ2v) is 5.68. The van der Waals surface area contributed by atoms with Crippen molar-refractivity contribution in [2.45, 2.75) is 34.6 Å². The molecule has 0 saturated heterocycles. The second-order valence-electron chi connectivity index (χ2n) is 5.68. The number of esters is 1. The average Bonchev–Trinajstić information content (AvgIpc) is 2.51. The van der Waals surface area contributed by atoms with Gasteiger partial charge < -0.3 is 4.74 Å². The van der Waals surface area contributed by atoms with Crippen LogP contribution in [0, 0.1) is 34.6 Å². The molecule has 2 aromatic rings. The van der Waals surface area contributed by atoms with Gasteiger partial charge >= 0.3 is 5.97 Å². The Morgan fingerprint density at radius 3 is 2.26 bits per heavy atom. The predicted molar refractivity (Wildman–Crippen MR) is 86.8 cm³/mol. The number of rotatable bonds is 4. The zero-order valence-corrected chi connectivity index (χ0v) is 14.1. The first kappa shape index (κ1) is 16.8. The zero-order valence-electron chi connectivity index (χ0n) is 14.1. The maximum Gasteiger partial charge on any atom is 0.358 e. The number of benzene rings is 1. The SMILES string of the molecule is Cc1cnc(C(=O)OCC(=O)c2c(C)cc(C)c(C)c2C)cn1. The third kappa shape index (κ3) is 3.62. The van der Waals surface area contributed by atoms with Gasteiger partial charge in [-0.05, 0) is 56.9 Å². The molecule has 1 aromatic heterocycles. The van der Waals surface area contributed by atoms with Gasteiger partial charge in [-0.1, -0.05) is 6.07 Å². The average molecular weight is 312 g/mol. The Labute approximate surface area is 135 Å². The number of aryl methyl sites for hydroxylation is 3. The van der Waals surface area contributed by atoms with Gasteiger partial charge in [0.1, 0.15) is 0 Å². The first-order valence-electron chi connectivity index (χ1n) is 7.37. The molecule has 5 nitrogen and oxygen atoms in total. The highest BCUT2D eigenvalue weighted by Crippen LogP contribution is 2.22. The zero-order chi connectivity index (χ0) is 17.1. The van der Waals surface area contributed by atoms with Gasteiger partial charge in [-0.15, -0.1) is 0 Å². The van der Waals surface area contributed by atoms with Crippen molar-refractivity contribution in [2.24, 2.45) is 0 Å². The summed E-state index contributed by atoms with van der Waals surface area (Å²) >= 11 is 0. The lowest BCUT2D eigenvalue weighted by atomic mass is 9.92. The summed E-state index contributed by atoms with van der Waals surface area (Å²) in [6.07, 6.45) is 2.82. The van der Waals surface area contributed by atoms with Gasteiger partial charge in [0.25, 0.3) is 0 Å². The summed E-state index contributed by atoms with van der Waals surface area (Å²) in [4.78, 5) is 32.3. The number of nitrogens with zero attached hydrogens (tertiary/aromatic N) is 2. The smallest absolute Gasteiger partial charge is 0.358 e. The van der Waals surface area contributed by atoms with Crippen LogP contribution < -0.4 is 0 Å². The van der Waals surface area contributed by atoms with Gasteiger partial charge in [0, 0.05) is 11.8 Å². The summed E-state index contributed by atoms with van der Waals surface area (Å²) in [6.45, 7) is 9.26. The van der Waals surface area contributed by atoms with Crippen LogP contribution in [-0.2, 0) is 4.74 Å². The van der Waals surface area contributed by atoms with Crippen molar-refractivity contribution >= 4 is 11.8 Å². The van der Waals surface area contributed by atoms with Gasteiger partial charge in [-0.2, -0.15) is 0 Å². The predicted octanol–water partition coefficient (Wildman–Crippen LogP) is 3.06. The summed E-state index contributed by atoms with van der Waals surface area (Å²) in [5, 5.41) is 0. The monoisotopic (exact) mass is 312 g/mol. The lowest BCUT2D eigenvalue weighted by Crippen LogP contribution is -2.17. The summed E-state index contributed by atoms with van der Waals surface area (Å²) in [7, 11) is 0. The third-order valence-corrected chi connectivity index (χ3v) is 3.96. The molecule has 0 aliphatic heterocycles. The fraction of sp³-hybridized carbons (Fsp3) is 0.333. The van der Waals surface area contributed by atoms with Crippen LogP contribution in [0.2, 0.25) is 0 Å². The van der Waals surface area contributed by atoms with Crippen LogP contribution in [0.5, 0.6) is 0 Å². The summed E-state index contributed by atoms with van der Waals surface area (Å²) in [6, 6.07) is 1.98. The van der Waals surface area contributed by atoms with Gasteiger partial charge in [0.2, 0.25) is 5.78 Å². The van der Waals surface area contributed by atoms with Crippen molar-refractivity contribution in [3.8, 4) is 0 Å². The van der Waals surface area contributed by atoms with Crippen molar-refractivity contribution < 1.29 is 14.3 Å². The molecule has 5 heteroatoms. The van der Waals surface area contributed by atoms with E-state index in [0.717, 1.165) is 22.3 Å². The molecule has 1 aromatic carbocycles. The number of Topliss-reactive ketones (excluding diaryl/α,β-unsaturated/α-hetero) is 1. The first-order valence-corrected chi connectivity index (χ1v) is 7.37. The van der Waals surface area contributed by atoms with E-state index in [0.29, 0.717) is 11.3 Å². The highest BCUT2D eigenvalue weighted by Gasteiger charge is 2.18. The van der Waals surface area contributed by atoms with E-state index in [1.165, 1.54) is 12.4 Å². The van der Waals surface area contributed by atoms with Crippen LogP contribution in [0.25, 0.3) is 0 Å². The van der Waals surface area contributed by atoms with Crippen molar-refractivity contribution in [1.82, 2.24) is 9.97 Å². The van der Waals surface area contributed by atoms with Gasteiger partial charge in [-0.25, -0.2) is 9.78 Å². The van der Waals surface area contributed by atoms with Gasteiger partial charge in [-0.3, -0.25) is 9.78 Å². The Morgan fingerprint density at radius 1 is 0.957 bits per heavy atom. The van der Waals surface area contributed by atoms with E-state index in [-0.39, 0.29) is 18.1 Å². The molecule has 0 unspecified atom stereocenters. The quantitative estimate of drug-likeness (QED) is 0.641. The second kappa shape index (κ2) is 6.69. The molecule has 120 valence electrons. The molecule has 0 aliphatic carbocycles. The topological polar surface area (TPSA) is 69.2 Å². The maximum absolute atomic E-state index is 12.4. The number of carbonyl (C=O) groups excluding carboxylic acids is 2. The largest absolute Gasteiger partial charge is 0.453 e. The van der Waals surface area contributed by atoms with Crippen molar-refractivity contribution in [3.63, 3.8) is 0 Å². The minimum Gasteiger partial charge on any atom is -0.453 e. The number of hydrogen-bond acceptors (Lipinski definition) is 5. The third-order valence-electron chi connectivity index (χ3n) is 3.96. The molecule has 0 fully saturated rings. The van der Waals surface area contributed by atoms with Crippen molar-refractivity contribution in [1.29, 1.82) is 0 Å². The Hall–Kier alpha value is -2.56. The van der Waals surface area contributed by atoms with Crippen LogP contribution in [0.1, 0.15) is 48.8 Å². The molecule has 0 aliphatic rings. The highest BCUT2D eigenvalue weighted by atomic mass is 16.5. The molecule has 23 heavy (non-hydrogen) atoms. The van der Waals surface area contributed by atoms with E-state index in [1.54, 1.807) is 6.92 Å².